The van der Waals surface area contributed by atoms with E-state index in [0.717, 1.165) is 25.8 Å². The number of hydrogen-bond acceptors (Lipinski definition) is 6. The van der Waals surface area contributed by atoms with Gasteiger partial charge in [0.2, 0.25) is 11.8 Å². The molecule has 0 radical (unpaired) electrons. The first-order chi connectivity index (χ1) is 11.7. The fourth-order valence-corrected chi connectivity index (χ4v) is 2.90. The lowest BCUT2D eigenvalue weighted by Crippen LogP contribution is -2.39. The molecule has 0 aliphatic carbocycles. The molecule has 1 saturated heterocycles. The van der Waals surface area contributed by atoms with Crippen molar-refractivity contribution in [2.24, 2.45) is 0 Å². The topological polar surface area (TPSA) is 81.4 Å². The molecule has 1 aliphatic rings. The van der Waals surface area contributed by atoms with Crippen LogP contribution >= 0.6 is 0 Å². The molecule has 7 nitrogen and oxygen atoms in total. The normalized spacial score (nSPS) is 17.8. The molecular weight excluding hydrogens is 308 g/mol. The monoisotopic (exact) mass is 330 g/mol. The van der Waals surface area contributed by atoms with Crippen molar-refractivity contribution in [3.8, 4) is 5.88 Å². The Morgan fingerprint density at radius 1 is 1.46 bits per heavy atom. The quantitative estimate of drug-likeness (QED) is 0.837. The van der Waals surface area contributed by atoms with Crippen LogP contribution in [0.3, 0.4) is 0 Å². The molecule has 3 rings (SSSR count). The van der Waals surface area contributed by atoms with Crippen molar-refractivity contribution in [1.82, 2.24) is 20.0 Å². The van der Waals surface area contributed by atoms with Crippen LogP contribution in [0.4, 0.5) is 0 Å². The summed E-state index contributed by atoms with van der Waals surface area (Å²) >= 11 is 0. The maximum absolute atomic E-state index is 12.8. The van der Waals surface area contributed by atoms with Crippen LogP contribution in [0, 0.1) is 0 Å². The van der Waals surface area contributed by atoms with Gasteiger partial charge in [-0.05, 0) is 25.8 Å². The highest BCUT2D eigenvalue weighted by molar-refractivity contribution is 5.94. The van der Waals surface area contributed by atoms with Crippen molar-refractivity contribution < 1.29 is 14.1 Å². The minimum absolute atomic E-state index is 0.0118. The van der Waals surface area contributed by atoms with Crippen molar-refractivity contribution in [2.45, 2.75) is 39.0 Å². The van der Waals surface area contributed by atoms with Gasteiger partial charge >= 0.3 is 0 Å². The highest BCUT2D eigenvalue weighted by Gasteiger charge is 2.28. The van der Waals surface area contributed by atoms with Crippen LogP contribution in [-0.2, 0) is 6.42 Å². The zero-order chi connectivity index (χ0) is 16.9. The Balaban J connectivity index is 1.71. The molecule has 24 heavy (non-hydrogen) atoms. The van der Waals surface area contributed by atoms with Crippen molar-refractivity contribution in [3.05, 3.63) is 35.6 Å². The van der Waals surface area contributed by atoms with Gasteiger partial charge in [0.05, 0.1) is 6.61 Å². The van der Waals surface area contributed by atoms with Crippen LogP contribution in [0.5, 0.6) is 5.88 Å². The van der Waals surface area contributed by atoms with Gasteiger partial charge in [0.25, 0.3) is 5.91 Å². The minimum Gasteiger partial charge on any atom is -0.478 e. The highest BCUT2D eigenvalue weighted by Crippen LogP contribution is 2.26. The van der Waals surface area contributed by atoms with Gasteiger partial charge in [-0.3, -0.25) is 4.79 Å². The number of rotatable bonds is 5. The summed E-state index contributed by atoms with van der Waals surface area (Å²) in [7, 11) is 0. The number of aryl methyl sites for hydroxylation is 1. The summed E-state index contributed by atoms with van der Waals surface area (Å²) < 4.78 is 10.6. The van der Waals surface area contributed by atoms with Gasteiger partial charge in [-0.2, -0.15) is 4.98 Å². The average Bonchev–Trinajstić information content (AvgIpc) is 3.11. The van der Waals surface area contributed by atoms with Gasteiger partial charge in [-0.15, -0.1) is 0 Å². The van der Waals surface area contributed by atoms with E-state index in [1.807, 2.05) is 18.7 Å². The maximum Gasteiger partial charge on any atom is 0.254 e. The smallest absolute Gasteiger partial charge is 0.254 e. The molecule has 0 spiro atoms. The van der Waals surface area contributed by atoms with Crippen LogP contribution in [0.1, 0.15) is 54.7 Å². The molecular formula is C17H22N4O3. The van der Waals surface area contributed by atoms with Crippen molar-refractivity contribution in [2.75, 3.05) is 19.7 Å². The number of amides is 1. The summed E-state index contributed by atoms with van der Waals surface area (Å²) in [4.78, 5) is 23.1. The first-order valence-corrected chi connectivity index (χ1v) is 8.41. The van der Waals surface area contributed by atoms with Crippen LogP contribution < -0.4 is 4.74 Å². The third-order valence-corrected chi connectivity index (χ3v) is 4.13. The predicted octanol–water partition coefficient (Wildman–Crippen LogP) is 2.45. The first-order valence-electron chi connectivity index (χ1n) is 8.41. The Morgan fingerprint density at radius 2 is 2.33 bits per heavy atom. The van der Waals surface area contributed by atoms with Crippen LogP contribution in [0.15, 0.2) is 22.9 Å². The molecule has 0 N–H and O–H groups in total. The Hall–Kier alpha value is -2.44. The van der Waals surface area contributed by atoms with Gasteiger partial charge in [0, 0.05) is 43.3 Å². The maximum atomic E-state index is 12.8. The summed E-state index contributed by atoms with van der Waals surface area (Å²) in [5, 5.41) is 4.06. The van der Waals surface area contributed by atoms with E-state index in [1.165, 1.54) is 0 Å². The number of pyridine rings is 1. The fourth-order valence-electron chi connectivity index (χ4n) is 2.90. The molecule has 3 heterocycles. The second kappa shape index (κ2) is 7.42. The van der Waals surface area contributed by atoms with E-state index in [-0.39, 0.29) is 11.8 Å². The minimum atomic E-state index is -0.0118. The molecule has 0 saturated carbocycles. The number of likely N-dealkylation sites (tertiary alicyclic amines) is 1. The lowest BCUT2D eigenvalue weighted by Gasteiger charge is -2.31. The van der Waals surface area contributed by atoms with Crippen LogP contribution in [0.25, 0.3) is 0 Å². The van der Waals surface area contributed by atoms with E-state index in [1.54, 1.807) is 18.3 Å². The lowest BCUT2D eigenvalue weighted by molar-refractivity contribution is 0.0703. The Labute approximate surface area is 141 Å². The zero-order valence-corrected chi connectivity index (χ0v) is 14.1. The summed E-state index contributed by atoms with van der Waals surface area (Å²) in [6.45, 7) is 5.73. The number of carbonyl (C=O) groups is 1. The van der Waals surface area contributed by atoms with Gasteiger partial charge < -0.3 is 14.2 Å². The van der Waals surface area contributed by atoms with Gasteiger partial charge in [-0.25, -0.2) is 4.98 Å². The van der Waals surface area contributed by atoms with E-state index < -0.39 is 0 Å². The molecule has 0 aromatic carbocycles. The average molecular weight is 330 g/mol. The standard InChI is InChI=1S/C17H22N4O3/c1-3-14-19-16(20-24-14)13-6-5-9-21(11-13)17(22)12-7-8-18-15(10-12)23-4-2/h7-8,10,13H,3-6,9,11H2,1-2H3/t13-/m0/s1. The largest absolute Gasteiger partial charge is 0.478 e. The van der Waals surface area contributed by atoms with Crippen molar-refractivity contribution in [1.29, 1.82) is 0 Å². The summed E-state index contributed by atoms with van der Waals surface area (Å²) in [5.74, 6) is 1.93. The molecule has 1 atom stereocenters. The number of aromatic nitrogens is 3. The van der Waals surface area contributed by atoms with Crippen molar-refractivity contribution >= 4 is 5.91 Å². The fraction of sp³-hybridized carbons (Fsp3) is 0.529. The number of ether oxygens (including phenoxy) is 1. The molecule has 1 fully saturated rings. The number of piperidine rings is 1. The molecule has 0 unspecified atom stereocenters. The number of hydrogen-bond donors (Lipinski definition) is 0. The number of nitrogens with zero attached hydrogens (tertiary/aromatic N) is 4. The molecule has 2 aromatic heterocycles. The predicted molar refractivity (Wildman–Crippen MR) is 87.0 cm³/mol. The SMILES string of the molecule is CCOc1cc(C(=O)N2CCC[C@H](c3noc(CC)n3)C2)ccn1. The third-order valence-electron chi connectivity index (χ3n) is 4.13. The zero-order valence-electron chi connectivity index (χ0n) is 14.1. The lowest BCUT2D eigenvalue weighted by atomic mass is 9.97. The van der Waals surface area contributed by atoms with E-state index in [9.17, 15) is 4.79 Å². The summed E-state index contributed by atoms with van der Waals surface area (Å²) in [5.41, 5.74) is 0.594. The van der Waals surface area contributed by atoms with E-state index in [0.29, 0.717) is 36.3 Å². The third kappa shape index (κ3) is 3.55. The second-order valence-corrected chi connectivity index (χ2v) is 5.81. The van der Waals surface area contributed by atoms with Gasteiger partial charge in [0.1, 0.15) is 0 Å². The van der Waals surface area contributed by atoms with Crippen molar-refractivity contribution in [3.63, 3.8) is 0 Å². The van der Waals surface area contributed by atoms with Gasteiger partial charge in [0.15, 0.2) is 5.82 Å². The molecule has 1 aliphatic heterocycles. The first kappa shape index (κ1) is 16.4. The van der Waals surface area contributed by atoms with E-state index >= 15 is 0 Å². The highest BCUT2D eigenvalue weighted by atomic mass is 16.5. The Bertz CT molecular complexity index is 701. The molecule has 1 amide bonds. The molecule has 128 valence electrons. The molecule has 2 aromatic rings. The molecule has 7 heteroatoms. The van der Waals surface area contributed by atoms with Crippen LogP contribution in [0.2, 0.25) is 0 Å². The Morgan fingerprint density at radius 3 is 3.08 bits per heavy atom. The molecule has 0 bridgehead atoms. The van der Waals surface area contributed by atoms with Crippen LogP contribution in [-0.4, -0.2) is 45.6 Å². The van der Waals surface area contributed by atoms with E-state index in [4.69, 9.17) is 9.26 Å². The van der Waals surface area contributed by atoms with Gasteiger partial charge in [-0.1, -0.05) is 12.1 Å². The summed E-state index contributed by atoms with van der Waals surface area (Å²) in [6, 6.07) is 3.41. The number of carbonyl (C=O) groups excluding carboxylic acids is 1. The Kier molecular flexibility index (Phi) is 5.08. The summed E-state index contributed by atoms with van der Waals surface area (Å²) in [6.07, 6.45) is 4.22. The second-order valence-electron chi connectivity index (χ2n) is 5.81. The van der Waals surface area contributed by atoms with E-state index in [2.05, 4.69) is 15.1 Å².